The lowest BCUT2D eigenvalue weighted by Gasteiger charge is -2.07. The van der Waals surface area contributed by atoms with Gasteiger partial charge in [-0.05, 0) is 34.7 Å². The molecule has 0 aliphatic heterocycles. The fraction of sp³-hybridized carbons (Fsp3) is 0.100. The van der Waals surface area contributed by atoms with E-state index in [-0.39, 0.29) is 6.61 Å². The van der Waals surface area contributed by atoms with Crippen LogP contribution in [0, 0.1) is 3.57 Å². The molecule has 5 heteroatoms. The molecule has 0 saturated heterocycles. The first-order valence-corrected chi connectivity index (χ1v) is 6.17. The molecule has 2 rings (SSSR count). The van der Waals surface area contributed by atoms with E-state index < -0.39 is 0 Å². The van der Waals surface area contributed by atoms with Crippen LogP contribution in [0.1, 0.15) is 5.56 Å². The number of halogens is 2. The number of hydrogen-bond donors (Lipinski definition) is 1. The summed E-state index contributed by atoms with van der Waals surface area (Å²) < 4.78 is 3.80. The van der Waals surface area contributed by atoms with Crippen LogP contribution in [0.25, 0.3) is 5.69 Å². The van der Waals surface area contributed by atoms with Crippen molar-refractivity contribution in [3.8, 4) is 5.69 Å². The van der Waals surface area contributed by atoms with E-state index in [2.05, 4.69) is 43.6 Å². The van der Waals surface area contributed by atoms with Crippen LogP contribution in [-0.2, 0) is 6.61 Å². The molecule has 2 aromatic rings. The zero-order valence-electron chi connectivity index (χ0n) is 7.69. The first-order chi connectivity index (χ1) is 7.20. The summed E-state index contributed by atoms with van der Waals surface area (Å²) in [5.41, 5.74) is 1.76. The van der Waals surface area contributed by atoms with Gasteiger partial charge in [-0.25, -0.2) is 4.68 Å². The highest BCUT2D eigenvalue weighted by Gasteiger charge is 2.05. The maximum atomic E-state index is 9.22. The van der Waals surface area contributed by atoms with Gasteiger partial charge in [-0.1, -0.05) is 22.0 Å². The predicted molar refractivity (Wildman–Crippen MR) is 69.9 cm³/mol. The molecule has 0 aliphatic carbocycles. The second-order valence-electron chi connectivity index (χ2n) is 3.03. The third-order valence-electron chi connectivity index (χ3n) is 2.02. The van der Waals surface area contributed by atoms with E-state index in [1.807, 2.05) is 24.4 Å². The van der Waals surface area contributed by atoms with Crippen molar-refractivity contribution in [1.82, 2.24) is 9.78 Å². The number of rotatable bonds is 2. The van der Waals surface area contributed by atoms with Gasteiger partial charge in [-0.2, -0.15) is 5.10 Å². The highest BCUT2D eigenvalue weighted by Crippen LogP contribution is 2.20. The lowest BCUT2D eigenvalue weighted by atomic mass is 10.2. The Morgan fingerprint density at radius 3 is 2.87 bits per heavy atom. The van der Waals surface area contributed by atoms with Gasteiger partial charge in [0.05, 0.1) is 22.1 Å². The van der Waals surface area contributed by atoms with E-state index >= 15 is 0 Å². The Hall–Kier alpha value is -0.400. The molecular weight excluding hydrogens is 371 g/mol. The van der Waals surface area contributed by atoms with Crippen LogP contribution in [0.4, 0.5) is 0 Å². The second-order valence-corrected chi connectivity index (χ2v) is 5.20. The number of benzene rings is 1. The van der Waals surface area contributed by atoms with Gasteiger partial charge in [0, 0.05) is 16.2 Å². The Bertz CT molecular complexity index is 484. The van der Waals surface area contributed by atoms with Crippen LogP contribution in [0.5, 0.6) is 0 Å². The van der Waals surface area contributed by atoms with Gasteiger partial charge in [-0.15, -0.1) is 0 Å². The lowest BCUT2D eigenvalue weighted by molar-refractivity contribution is 0.281. The zero-order chi connectivity index (χ0) is 10.8. The molecule has 78 valence electrons. The first kappa shape index (κ1) is 11.1. The van der Waals surface area contributed by atoms with Crippen molar-refractivity contribution in [3.63, 3.8) is 0 Å². The predicted octanol–water partition coefficient (Wildman–Crippen LogP) is 2.73. The molecule has 1 heterocycles. The van der Waals surface area contributed by atoms with Crippen molar-refractivity contribution in [3.05, 3.63) is 44.2 Å². The Kier molecular flexibility index (Phi) is 3.42. The highest BCUT2D eigenvalue weighted by atomic mass is 127. The Labute approximate surface area is 109 Å². The van der Waals surface area contributed by atoms with E-state index in [4.69, 9.17) is 0 Å². The molecular formula is C10H8BrIN2O. The summed E-state index contributed by atoms with van der Waals surface area (Å²) >= 11 is 5.61. The SMILES string of the molecule is OCc1ccc(Br)cc1-n1cc(I)cn1. The number of aliphatic hydroxyl groups is 1. The maximum Gasteiger partial charge on any atom is 0.0712 e. The summed E-state index contributed by atoms with van der Waals surface area (Å²) in [5.74, 6) is 0. The van der Waals surface area contributed by atoms with Crippen molar-refractivity contribution < 1.29 is 5.11 Å². The summed E-state index contributed by atoms with van der Waals surface area (Å²) in [5, 5.41) is 13.4. The first-order valence-electron chi connectivity index (χ1n) is 4.30. The van der Waals surface area contributed by atoms with Gasteiger partial charge in [0.25, 0.3) is 0 Å². The van der Waals surface area contributed by atoms with Gasteiger partial charge in [0.2, 0.25) is 0 Å². The number of nitrogens with zero attached hydrogens (tertiary/aromatic N) is 2. The van der Waals surface area contributed by atoms with Gasteiger partial charge in [-0.3, -0.25) is 0 Å². The molecule has 0 spiro atoms. The molecule has 15 heavy (non-hydrogen) atoms. The van der Waals surface area contributed by atoms with E-state index in [9.17, 15) is 5.11 Å². The Morgan fingerprint density at radius 1 is 1.47 bits per heavy atom. The normalized spacial score (nSPS) is 10.6. The standard InChI is InChI=1S/C10H8BrIN2O/c11-8-2-1-7(6-15)10(3-8)14-5-9(12)4-13-14/h1-5,15H,6H2. The molecule has 0 atom stereocenters. The van der Waals surface area contributed by atoms with E-state index in [1.54, 1.807) is 10.9 Å². The minimum atomic E-state index is 0.0129. The summed E-state index contributed by atoms with van der Waals surface area (Å²) in [6, 6.07) is 5.73. The maximum absolute atomic E-state index is 9.22. The lowest BCUT2D eigenvalue weighted by Crippen LogP contribution is -2.00. The molecule has 0 amide bonds. The zero-order valence-corrected chi connectivity index (χ0v) is 11.4. The van der Waals surface area contributed by atoms with Crippen molar-refractivity contribution in [1.29, 1.82) is 0 Å². The highest BCUT2D eigenvalue weighted by molar-refractivity contribution is 14.1. The summed E-state index contributed by atoms with van der Waals surface area (Å²) in [6.45, 7) is 0.0129. The van der Waals surface area contributed by atoms with Crippen molar-refractivity contribution in [2.45, 2.75) is 6.61 Å². The minimum absolute atomic E-state index is 0.0129. The molecule has 1 aromatic heterocycles. The molecule has 0 aliphatic rings. The fourth-order valence-corrected chi connectivity index (χ4v) is 2.05. The van der Waals surface area contributed by atoms with E-state index in [1.165, 1.54) is 0 Å². The number of aromatic nitrogens is 2. The topological polar surface area (TPSA) is 38.0 Å². The molecule has 0 saturated carbocycles. The average Bonchev–Trinajstić information content (AvgIpc) is 2.65. The van der Waals surface area contributed by atoms with Gasteiger partial charge < -0.3 is 5.11 Å². The van der Waals surface area contributed by atoms with Crippen LogP contribution in [0.3, 0.4) is 0 Å². The summed E-state index contributed by atoms with van der Waals surface area (Å²) in [6.07, 6.45) is 3.70. The monoisotopic (exact) mass is 378 g/mol. The summed E-state index contributed by atoms with van der Waals surface area (Å²) in [7, 11) is 0. The Morgan fingerprint density at radius 2 is 2.27 bits per heavy atom. The minimum Gasteiger partial charge on any atom is -0.392 e. The van der Waals surface area contributed by atoms with E-state index in [0.29, 0.717) is 0 Å². The van der Waals surface area contributed by atoms with Gasteiger partial charge in [0.15, 0.2) is 0 Å². The third-order valence-corrected chi connectivity index (χ3v) is 3.07. The van der Waals surface area contributed by atoms with Crippen molar-refractivity contribution in [2.24, 2.45) is 0 Å². The second kappa shape index (κ2) is 4.63. The third kappa shape index (κ3) is 2.40. The van der Waals surface area contributed by atoms with Crippen molar-refractivity contribution in [2.75, 3.05) is 0 Å². The molecule has 0 radical (unpaired) electrons. The van der Waals surface area contributed by atoms with Crippen LogP contribution in [-0.4, -0.2) is 14.9 Å². The van der Waals surface area contributed by atoms with Gasteiger partial charge in [0.1, 0.15) is 0 Å². The van der Waals surface area contributed by atoms with Crippen molar-refractivity contribution >= 4 is 38.5 Å². The molecule has 3 nitrogen and oxygen atoms in total. The summed E-state index contributed by atoms with van der Waals surface area (Å²) in [4.78, 5) is 0. The van der Waals surface area contributed by atoms with Crippen LogP contribution in [0.2, 0.25) is 0 Å². The van der Waals surface area contributed by atoms with E-state index in [0.717, 1.165) is 19.3 Å². The van der Waals surface area contributed by atoms with Gasteiger partial charge >= 0.3 is 0 Å². The van der Waals surface area contributed by atoms with Crippen LogP contribution < -0.4 is 0 Å². The Balaban J connectivity index is 2.55. The molecule has 0 bridgehead atoms. The quantitative estimate of drug-likeness (QED) is 0.816. The van der Waals surface area contributed by atoms with Crippen LogP contribution in [0.15, 0.2) is 35.1 Å². The fourth-order valence-electron chi connectivity index (χ4n) is 1.32. The molecule has 0 unspecified atom stereocenters. The molecule has 1 N–H and O–H groups in total. The van der Waals surface area contributed by atoms with Crippen LogP contribution >= 0.6 is 38.5 Å². The number of hydrogen-bond acceptors (Lipinski definition) is 2. The average molecular weight is 379 g/mol. The largest absolute Gasteiger partial charge is 0.392 e. The molecule has 1 aromatic carbocycles. The smallest absolute Gasteiger partial charge is 0.0712 e. The molecule has 0 fully saturated rings. The number of aliphatic hydroxyl groups excluding tert-OH is 1.